The third-order valence-corrected chi connectivity index (χ3v) is 4.95. The Morgan fingerprint density at radius 1 is 1.17 bits per heavy atom. The van der Waals surface area contributed by atoms with Gasteiger partial charge in [-0.3, -0.25) is 4.79 Å². The van der Waals surface area contributed by atoms with Crippen molar-refractivity contribution in [3.8, 4) is 0 Å². The molecule has 0 aliphatic heterocycles. The zero-order valence-corrected chi connectivity index (χ0v) is 13.9. The van der Waals surface area contributed by atoms with Gasteiger partial charge in [0.25, 0.3) is 5.91 Å². The van der Waals surface area contributed by atoms with Crippen molar-refractivity contribution < 1.29 is 14.3 Å². The van der Waals surface area contributed by atoms with Crippen LogP contribution >= 0.6 is 11.3 Å². The van der Waals surface area contributed by atoms with Crippen LogP contribution in [0.25, 0.3) is 10.1 Å². The van der Waals surface area contributed by atoms with Crippen LogP contribution in [0, 0.1) is 5.82 Å². The van der Waals surface area contributed by atoms with Crippen molar-refractivity contribution in [1.82, 2.24) is 5.32 Å². The van der Waals surface area contributed by atoms with E-state index in [1.807, 2.05) is 36.4 Å². The second kappa shape index (κ2) is 7.55. The van der Waals surface area contributed by atoms with Crippen molar-refractivity contribution >= 4 is 27.3 Å². The normalized spacial score (nSPS) is 12.2. The maximum Gasteiger partial charge on any atom is 0.261 e. The summed E-state index contributed by atoms with van der Waals surface area (Å²) < 4.78 is 14.4. The minimum Gasteiger partial charge on any atom is -0.396 e. The molecule has 1 aromatic heterocycles. The molecule has 0 radical (unpaired) electrons. The van der Waals surface area contributed by atoms with Crippen LogP contribution in [0.1, 0.15) is 21.7 Å². The van der Waals surface area contributed by atoms with E-state index in [-0.39, 0.29) is 24.4 Å². The number of carbonyl (C=O) groups is 1. The Balaban J connectivity index is 1.73. The number of hydrogen-bond acceptors (Lipinski definition) is 3. The lowest BCUT2D eigenvalue weighted by atomic mass is 10.0. The van der Waals surface area contributed by atoms with Crippen molar-refractivity contribution in [2.75, 3.05) is 6.61 Å². The fourth-order valence-electron chi connectivity index (χ4n) is 2.68. The Labute approximate surface area is 143 Å². The molecule has 1 amide bonds. The van der Waals surface area contributed by atoms with E-state index in [0.717, 1.165) is 15.6 Å². The molecule has 0 unspecified atom stereocenters. The van der Waals surface area contributed by atoms with E-state index in [9.17, 15) is 14.3 Å². The molecule has 1 heterocycles. The third-order valence-electron chi connectivity index (χ3n) is 3.83. The van der Waals surface area contributed by atoms with Gasteiger partial charge in [-0.05, 0) is 48.1 Å². The molecule has 2 aromatic carbocycles. The Bertz CT molecular complexity index is 813. The number of aliphatic hydroxyl groups excluding tert-OH is 1. The summed E-state index contributed by atoms with van der Waals surface area (Å²) in [5.41, 5.74) is 0.796. The Kier molecular flexibility index (Phi) is 5.23. The van der Waals surface area contributed by atoms with Gasteiger partial charge in [0, 0.05) is 17.3 Å². The van der Waals surface area contributed by atoms with Crippen LogP contribution in [0.15, 0.2) is 54.6 Å². The number of amides is 1. The average molecular weight is 343 g/mol. The molecule has 2 N–H and O–H groups in total. The molecule has 0 aliphatic rings. The number of aliphatic hydroxyl groups is 1. The molecule has 24 heavy (non-hydrogen) atoms. The van der Waals surface area contributed by atoms with Gasteiger partial charge in [-0.1, -0.05) is 30.3 Å². The van der Waals surface area contributed by atoms with E-state index in [1.54, 1.807) is 6.07 Å². The molecule has 1 atom stereocenters. The fraction of sp³-hybridized carbons (Fsp3) is 0.211. The second-order valence-electron chi connectivity index (χ2n) is 5.67. The Morgan fingerprint density at radius 3 is 2.75 bits per heavy atom. The molecule has 3 aromatic rings. The van der Waals surface area contributed by atoms with E-state index in [4.69, 9.17) is 0 Å². The minimum absolute atomic E-state index is 0.0350. The number of nitrogens with one attached hydrogen (secondary N) is 1. The Morgan fingerprint density at radius 2 is 2.00 bits per heavy atom. The van der Waals surface area contributed by atoms with E-state index in [1.165, 1.54) is 23.5 Å². The maximum atomic E-state index is 13.3. The van der Waals surface area contributed by atoms with E-state index < -0.39 is 0 Å². The molecule has 124 valence electrons. The predicted octanol–water partition coefficient (Wildman–Crippen LogP) is 3.76. The molecule has 5 heteroatoms. The summed E-state index contributed by atoms with van der Waals surface area (Å²) in [6, 6.07) is 15.8. The first-order valence-corrected chi connectivity index (χ1v) is 8.62. The van der Waals surface area contributed by atoms with Gasteiger partial charge in [0.15, 0.2) is 0 Å². The first kappa shape index (κ1) is 16.6. The van der Waals surface area contributed by atoms with Crippen molar-refractivity contribution in [2.45, 2.75) is 18.9 Å². The van der Waals surface area contributed by atoms with E-state index in [2.05, 4.69) is 5.32 Å². The SMILES string of the molecule is O=C(N[C@@H](CCO)Cc1cccc(F)c1)c1cc2ccccc2s1. The van der Waals surface area contributed by atoms with Gasteiger partial charge in [0.2, 0.25) is 0 Å². The highest BCUT2D eigenvalue weighted by Crippen LogP contribution is 2.25. The van der Waals surface area contributed by atoms with E-state index in [0.29, 0.717) is 17.7 Å². The van der Waals surface area contributed by atoms with Crippen molar-refractivity contribution in [3.05, 3.63) is 70.9 Å². The van der Waals surface area contributed by atoms with Gasteiger partial charge < -0.3 is 10.4 Å². The van der Waals surface area contributed by atoms with Crippen LogP contribution in [-0.4, -0.2) is 23.7 Å². The summed E-state index contributed by atoms with van der Waals surface area (Å²) in [7, 11) is 0. The van der Waals surface area contributed by atoms with Gasteiger partial charge in [0.05, 0.1) is 4.88 Å². The summed E-state index contributed by atoms with van der Waals surface area (Å²) in [6.07, 6.45) is 0.905. The van der Waals surface area contributed by atoms with Crippen LogP contribution in [0.4, 0.5) is 4.39 Å². The van der Waals surface area contributed by atoms with Gasteiger partial charge in [-0.15, -0.1) is 11.3 Å². The number of carbonyl (C=O) groups excluding carboxylic acids is 1. The number of thiophene rings is 1. The number of fused-ring (bicyclic) bond motifs is 1. The van der Waals surface area contributed by atoms with Crippen LogP contribution in [0.2, 0.25) is 0 Å². The second-order valence-corrected chi connectivity index (χ2v) is 6.75. The fourth-order valence-corrected chi connectivity index (χ4v) is 3.65. The third kappa shape index (κ3) is 3.99. The van der Waals surface area contributed by atoms with Crippen LogP contribution in [-0.2, 0) is 6.42 Å². The van der Waals surface area contributed by atoms with Crippen LogP contribution in [0.5, 0.6) is 0 Å². The summed E-state index contributed by atoms with van der Waals surface area (Å²) in [4.78, 5) is 13.1. The van der Waals surface area contributed by atoms with Gasteiger partial charge in [-0.2, -0.15) is 0 Å². The zero-order valence-electron chi connectivity index (χ0n) is 13.0. The molecule has 0 spiro atoms. The predicted molar refractivity (Wildman–Crippen MR) is 94.9 cm³/mol. The zero-order chi connectivity index (χ0) is 16.9. The lowest BCUT2D eigenvalue weighted by Gasteiger charge is -2.17. The smallest absolute Gasteiger partial charge is 0.261 e. The van der Waals surface area contributed by atoms with Crippen molar-refractivity contribution in [1.29, 1.82) is 0 Å². The van der Waals surface area contributed by atoms with Crippen LogP contribution in [0.3, 0.4) is 0 Å². The number of hydrogen-bond donors (Lipinski definition) is 2. The molecule has 0 saturated carbocycles. The molecule has 3 nitrogen and oxygen atoms in total. The molecule has 0 bridgehead atoms. The lowest BCUT2D eigenvalue weighted by molar-refractivity contribution is 0.0934. The molecule has 0 fully saturated rings. The monoisotopic (exact) mass is 343 g/mol. The Hall–Kier alpha value is -2.24. The quantitative estimate of drug-likeness (QED) is 0.716. The highest BCUT2D eigenvalue weighted by molar-refractivity contribution is 7.20. The number of benzene rings is 2. The van der Waals surface area contributed by atoms with Crippen LogP contribution < -0.4 is 5.32 Å². The van der Waals surface area contributed by atoms with E-state index >= 15 is 0 Å². The molecular formula is C19H18FNO2S. The first-order chi connectivity index (χ1) is 11.7. The summed E-state index contributed by atoms with van der Waals surface area (Å²) in [5.74, 6) is -0.461. The van der Waals surface area contributed by atoms with Crippen molar-refractivity contribution in [2.24, 2.45) is 0 Å². The maximum absolute atomic E-state index is 13.3. The molecule has 0 aliphatic carbocycles. The highest BCUT2D eigenvalue weighted by Gasteiger charge is 2.16. The van der Waals surface area contributed by atoms with Gasteiger partial charge in [-0.25, -0.2) is 4.39 Å². The average Bonchev–Trinajstić information content (AvgIpc) is 2.99. The highest BCUT2D eigenvalue weighted by atomic mass is 32.1. The molecule has 0 saturated heterocycles. The number of rotatable bonds is 6. The molecular weight excluding hydrogens is 325 g/mol. The minimum atomic E-state index is -0.300. The van der Waals surface area contributed by atoms with Gasteiger partial charge in [0.1, 0.15) is 5.82 Å². The summed E-state index contributed by atoms with van der Waals surface area (Å²) >= 11 is 1.44. The standard InChI is InChI=1S/C19H18FNO2S/c20-15-6-3-4-13(10-15)11-16(8-9-22)21-19(23)18-12-14-5-1-2-7-17(14)24-18/h1-7,10,12,16,22H,8-9,11H2,(H,21,23)/t16-/m0/s1. The lowest BCUT2D eigenvalue weighted by Crippen LogP contribution is -2.36. The number of halogens is 1. The summed E-state index contributed by atoms with van der Waals surface area (Å²) in [5, 5.41) is 13.2. The topological polar surface area (TPSA) is 49.3 Å². The molecule has 3 rings (SSSR count). The first-order valence-electron chi connectivity index (χ1n) is 7.80. The van der Waals surface area contributed by atoms with Gasteiger partial charge >= 0.3 is 0 Å². The van der Waals surface area contributed by atoms with Crippen molar-refractivity contribution in [3.63, 3.8) is 0 Å². The largest absolute Gasteiger partial charge is 0.396 e. The summed E-state index contributed by atoms with van der Waals surface area (Å²) in [6.45, 7) is -0.0350.